The van der Waals surface area contributed by atoms with Crippen LogP contribution in [0.4, 0.5) is 23.1 Å². The molecule has 2 aliphatic heterocycles. The number of rotatable bonds is 6. The van der Waals surface area contributed by atoms with Gasteiger partial charge < -0.3 is 20.1 Å². The number of benzene rings is 2. The summed E-state index contributed by atoms with van der Waals surface area (Å²) in [5, 5.41) is 7.32. The first kappa shape index (κ1) is 25.4. The van der Waals surface area contributed by atoms with Crippen LogP contribution in [0.15, 0.2) is 36.5 Å². The first-order valence-electron chi connectivity index (χ1n) is 13.4. The van der Waals surface area contributed by atoms with E-state index in [4.69, 9.17) is 26.1 Å². The molecular formula is C29H35ClN6O2. The molecule has 200 valence electrons. The first-order chi connectivity index (χ1) is 18.6. The Morgan fingerprint density at radius 3 is 2.61 bits per heavy atom. The summed E-state index contributed by atoms with van der Waals surface area (Å²) in [6, 6.07) is 11.3. The number of hydrogen-bond donors (Lipinski definition) is 2. The summed E-state index contributed by atoms with van der Waals surface area (Å²) >= 11 is 6.52. The Balaban J connectivity index is 1.17. The number of hydrogen-bond acceptors (Lipinski definition) is 8. The van der Waals surface area contributed by atoms with E-state index in [2.05, 4.69) is 50.7 Å². The number of fused-ring (bicyclic) bond motifs is 2. The smallest absolute Gasteiger partial charge is 0.229 e. The molecule has 1 atom stereocenters. The Labute approximate surface area is 229 Å². The van der Waals surface area contributed by atoms with E-state index in [1.165, 1.54) is 35.1 Å². The molecular weight excluding hydrogens is 500 g/mol. The number of aromatic nitrogens is 2. The lowest BCUT2D eigenvalue weighted by molar-refractivity contribution is 0.0136. The normalized spacial score (nSPS) is 19.9. The summed E-state index contributed by atoms with van der Waals surface area (Å²) < 4.78 is 11.1. The zero-order chi connectivity index (χ0) is 26.1. The molecule has 3 aromatic rings. The highest BCUT2D eigenvalue weighted by molar-refractivity contribution is 6.32. The van der Waals surface area contributed by atoms with Gasteiger partial charge in [-0.15, -0.1) is 0 Å². The lowest BCUT2D eigenvalue weighted by atomic mass is 10.0. The highest BCUT2D eigenvalue weighted by atomic mass is 35.5. The minimum Gasteiger partial charge on any atom is -0.496 e. The zero-order valence-electron chi connectivity index (χ0n) is 22.1. The fourth-order valence-electron chi connectivity index (χ4n) is 5.98. The molecule has 1 unspecified atom stereocenters. The maximum absolute atomic E-state index is 6.52. The minimum absolute atomic E-state index is 0.475. The highest BCUT2D eigenvalue weighted by Crippen LogP contribution is 2.37. The molecule has 9 heteroatoms. The van der Waals surface area contributed by atoms with Crippen LogP contribution in [0.2, 0.25) is 5.02 Å². The van der Waals surface area contributed by atoms with Crippen molar-refractivity contribution in [2.45, 2.75) is 44.8 Å². The Morgan fingerprint density at radius 2 is 1.79 bits per heavy atom. The van der Waals surface area contributed by atoms with Gasteiger partial charge in [-0.3, -0.25) is 9.80 Å². The van der Waals surface area contributed by atoms with E-state index in [9.17, 15) is 0 Å². The van der Waals surface area contributed by atoms with E-state index in [0.717, 1.165) is 69.4 Å². The second-order valence-electron chi connectivity index (χ2n) is 10.4. The molecule has 0 saturated carbocycles. The number of nitrogens with zero attached hydrogens (tertiary/aromatic N) is 4. The van der Waals surface area contributed by atoms with Crippen LogP contribution < -0.4 is 15.4 Å². The van der Waals surface area contributed by atoms with Crippen molar-refractivity contribution in [1.29, 1.82) is 0 Å². The predicted molar refractivity (Wildman–Crippen MR) is 151 cm³/mol. The second kappa shape index (κ2) is 11.1. The SMILES string of the molecule is COc1ccc(Nc2nc(Nc3ccc4c(c3)CCC(N3CCOCC3)CC4)ncc2Cl)c2c1CN(C)C2. The van der Waals surface area contributed by atoms with Gasteiger partial charge in [0.05, 0.1) is 26.5 Å². The van der Waals surface area contributed by atoms with Crippen molar-refractivity contribution in [2.75, 3.05) is 51.1 Å². The Morgan fingerprint density at radius 1 is 1.00 bits per heavy atom. The number of nitrogens with one attached hydrogen (secondary N) is 2. The van der Waals surface area contributed by atoms with Gasteiger partial charge >= 0.3 is 0 Å². The Kier molecular flexibility index (Phi) is 7.39. The number of ether oxygens (including phenoxy) is 2. The zero-order valence-corrected chi connectivity index (χ0v) is 22.9. The standard InChI is InChI=1S/C29H35ClN6O2/c1-35-17-23-24(18-35)27(37-2)10-9-26(23)33-28-25(30)16-31-29(34-28)32-21-6-3-19-4-7-22(8-5-20(19)15-21)36-11-13-38-14-12-36/h3,6,9-10,15-16,22H,4-5,7-8,11-14,17-18H2,1-2H3,(H2,31,32,33,34). The molecule has 8 nitrogen and oxygen atoms in total. The average Bonchev–Trinajstić information content (AvgIpc) is 3.21. The summed E-state index contributed by atoms with van der Waals surface area (Å²) in [6.45, 7) is 5.50. The van der Waals surface area contributed by atoms with Gasteiger partial charge in [0.15, 0.2) is 5.82 Å². The second-order valence-corrected chi connectivity index (χ2v) is 10.9. The summed E-state index contributed by atoms with van der Waals surface area (Å²) in [5.74, 6) is 2.00. The Bertz CT molecular complexity index is 1310. The van der Waals surface area contributed by atoms with Gasteiger partial charge in [0.25, 0.3) is 0 Å². The third-order valence-electron chi connectivity index (χ3n) is 7.98. The number of anilines is 4. The van der Waals surface area contributed by atoms with Gasteiger partial charge in [-0.25, -0.2) is 4.98 Å². The molecule has 1 aromatic heterocycles. The molecule has 0 bridgehead atoms. The van der Waals surface area contributed by atoms with Crippen molar-refractivity contribution >= 4 is 34.7 Å². The molecule has 2 N–H and O–H groups in total. The van der Waals surface area contributed by atoms with E-state index in [1.54, 1.807) is 13.3 Å². The number of morpholine rings is 1. The quantitative estimate of drug-likeness (QED) is 0.421. The summed E-state index contributed by atoms with van der Waals surface area (Å²) in [6.07, 6.45) is 6.23. The fraction of sp³-hybridized carbons (Fsp3) is 0.448. The topological polar surface area (TPSA) is 74.8 Å². The van der Waals surface area contributed by atoms with Crippen LogP contribution in [0.5, 0.6) is 5.75 Å². The van der Waals surface area contributed by atoms with Crippen LogP contribution in [0.25, 0.3) is 0 Å². The van der Waals surface area contributed by atoms with E-state index < -0.39 is 0 Å². The Hall–Kier alpha value is -2.91. The minimum atomic E-state index is 0.475. The molecule has 0 radical (unpaired) electrons. The molecule has 2 aromatic carbocycles. The van der Waals surface area contributed by atoms with Crippen molar-refractivity contribution in [3.63, 3.8) is 0 Å². The first-order valence-corrected chi connectivity index (χ1v) is 13.8. The van der Waals surface area contributed by atoms with Crippen LogP contribution in [0.3, 0.4) is 0 Å². The maximum atomic E-state index is 6.52. The van der Waals surface area contributed by atoms with Crippen molar-refractivity contribution in [2.24, 2.45) is 0 Å². The van der Waals surface area contributed by atoms with Gasteiger partial charge in [0, 0.05) is 49.2 Å². The van der Waals surface area contributed by atoms with E-state index in [-0.39, 0.29) is 0 Å². The van der Waals surface area contributed by atoms with Crippen LogP contribution in [-0.2, 0) is 30.7 Å². The lowest BCUT2D eigenvalue weighted by Crippen LogP contribution is -2.43. The van der Waals surface area contributed by atoms with Gasteiger partial charge in [0.1, 0.15) is 10.8 Å². The average molecular weight is 535 g/mol. The van der Waals surface area contributed by atoms with Crippen LogP contribution in [0, 0.1) is 0 Å². The summed E-state index contributed by atoms with van der Waals surface area (Å²) in [4.78, 5) is 14.0. The summed E-state index contributed by atoms with van der Waals surface area (Å²) in [7, 11) is 3.82. The van der Waals surface area contributed by atoms with Gasteiger partial charge in [-0.2, -0.15) is 4.98 Å². The van der Waals surface area contributed by atoms with Crippen LogP contribution in [0.1, 0.15) is 35.1 Å². The predicted octanol–water partition coefficient (Wildman–Crippen LogP) is 5.15. The molecule has 3 aliphatic rings. The van der Waals surface area contributed by atoms with Crippen molar-refractivity contribution in [1.82, 2.24) is 19.8 Å². The van der Waals surface area contributed by atoms with Gasteiger partial charge in [-0.05, 0) is 73.7 Å². The molecule has 3 heterocycles. The monoisotopic (exact) mass is 534 g/mol. The third-order valence-corrected chi connectivity index (χ3v) is 8.26. The highest BCUT2D eigenvalue weighted by Gasteiger charge is 2.25. The molecule has 1 aliphatic carbocycles. The fourth-order valence-corrected chi connectivity index (χ4v) is 6.12. The van der Waals surface area contributed by atoms with E-state index >= 15 is 0 Å². The number of halogens is 1. The molecule has 1 fully saturated rings. The number of aryl methyl sites for hydroxylation is 2. The van der Waals surface area contributed by atoms with Crippen molar-refractivity contribution in [3.8, 4) is 5.75 Å². The lowest BCUT2D eigenvalue weighted by Gasteiger charge is -2.33. The molecule has 0 amide bonds. The third kappa shape index (κ3) is 5.31. The molecule has 1 saturated heterocycles. The largest absolute Gasteiger partial charge is 0.496 e. The molecule has 6 rings (SSSR count). The van der Waals surface area contributed by atoms with Crippen LogP contribution >= 0.6 is 11.6 Å². The van der Waals surface area contributed by atoms with E-state index in [1.807, 2.05) is 12.1 Å². The number of methoxy groups -OCH3 is 1. The van der Waals surface area contributed by atoms with Gasteiger partial charge in [-0.1, -0.05) is 17.7 Å². The van der Waals surface area contributed by atoms with Crippen molar-refractivity contribution in [3.05, 3.63) is 63.8 Å². The summed E-state index contributed by atoms with van der Waals surface area (Å²) in [5.41, 5.74) is 7.24. The van der Waals surface area contributed by atoms with Crippen LogP contribution in [-0.4, -0.2) is 66.3 Å². The van der Waals surface area contributed by atoms with E-state index in [0.29, 0.717) is 22.8 Å². The molecule has 38 heavy (non-hydrogen) atoms. The molecule has 0 spiro atoms. The van der Waals surface area contributed by atoms with Gasteiger partial charge in [0.2, 0.25) is 5.95 Å². The van der Waals surface area contributed by atoms with Crippen molar-refractivity contribution < 1.29 is 9.47 Å². The maximum Gasteiger partial charge on any atom is 0.229 e.